The number of halogens is 2. The summed E-state index contributed by atoms with van der Waals surface area (Å²) in [5, 5.41) is 0.846. The molecule has 5 nitrogen and oxygen atoms in total. The van der Waals surface area contributed by atoms with Crippen molar-refractivity contribution < 1.29 is 9.18 Å². The van der Waals surface area contributed by atoms with Gasteiger partial charge >= 0.3 is 0 Å². The number of carbonyl (C=O) groups is 1. The van der Waals surface area contributed by atoms with Crippen molar-refractivity contribution in [1.82, 2.24) is 9.88 Å². The quantitative estimate of drug-likeness (QED) is 0.670. The number of fused-ring (bicyclic) bond motifs is 2. The number of hydrogen-bond acceptors (Lipinski definition) is 5. The second kappa shape index (κ2) is 9.20. The number of carbonyl (C=O) groups excluding carboxylic acids is 1. The lowest BCUT2D eigenvalue weighted by Gasteiger charge is -2.42. The molecule has 3 fully saturated rings. The minimum Gasteiger partial charge on any atom is -0.347 e. The maximum Gasteiger partial charge on any atom is 0.255 e. The van der Waals surface area contributed by atoms with Gasteiger partial charge in [-0.1, -0.05) is 24.4 Å². The Morgan fingerprint density at radius 2 is 1.84 bits per heavy atom. The van der Waals surface area contributed by atoms with Crippen LogP contribution in [-0.4, -0.2) is 46.2 Å². The molecule has 2 aliphatic heterocycles. The Morgan fingerprint density at radius 1 is 1.12 bits per heavy atom. The molecule has 3 heterocycles. The van der Waals surface area contributed by atoms with Gasteiger partial charge in [0.15, 0.2) is 0 Å². The second-order valence-electron chi connectivity index (χ2n) is 9.01. The summed E-state index contributed by atoms with van der Waals surface area (Å²) in [7, 11) is 0. The van der Waals surface area contributed by atoms with Gasteiger partial charge in [0, 0.05) is 41.9 Å². The molecule has 0 radical (unpaired) electrons. The van der Waals surface area contributed by atoms with Crippen LogP contribution in [0.4, 0.5) is 10.2 Å². The summed E-state index contributed by atoms with van der Waals surface area (Å²) in [5.74, 6) is 0.411. The van der Waals surface area contributed by atoms with E-state index < -0.39 is 5.82 Å². The molecule has 1 aromatic heterocycles. The number of pyridine rings is 1. The van der Waals surface area contributed by atoms with E-state index >= 15 is 0 Å². The van der Waals surface area contributed by atoms with E-state index in [1.165, 1.54) is 48.8 Å². The summed E-state index contributed by atoms with van der Waals surface area (Å²) in [5.41, 5.74) is 7.26. The number of nitrogens with zero attached hydrogens (tertiary/aromatic N) is 3. The zero-order chi connectivity index (χ0) is 22.2. The first-order valence-corrected chi connectivity index (χ1v) is 12.7. The molecule has 2 unspecified atom stereocenters. The first kappa shape index (κ1) is 22.0. The third-order valence-electron chi connectivity index (χ3n) is 6.85. The zero-order valence-corrected chi connectivity index (χ0v) is 19.5. The molecule has 2 aromatic rings. The number of nitrogens with two attached hydrogens (primary N) is 1. The molecule has 1 saturated carbocycles. The highest BCUT2D eigenvalue weighted by Crippen LogP contribution is 2.39. The number of aromatic nitrogens is 1. The molecule has 2 saturated heterocycles. The third kappa shape index (κ3) is 4.35. The normalized spacial score (nSPS) is 23.2. The Kier molecular flexibility index (Phi) is 6.32. The van der Waals surface area contributed by atoms with Gasteiger partial charge in [-0.15, -0.1) is 11.8 Å². The van der Waals surface area contributed by atoms with Crippen LogP contribution in [0.1, 0.15) is 54.6 Å². The maximum absolute atomic E-state index is 13.4. The Morgan fingerprint density at radius 3 is 2.50 bits per heavy atom. The van der Waals surface area contributed by atoms with Gasteiger partial charge in [-0.3, -0.25) is 4.79 Å². The van der Waals surface area contributed by atoms with Crippen LogP contribution in [-0.2, 0) is 6.54 Å². The number of piperazine rings is 1. The van der Waals surface area contributed by atoms with Gasteiger partial charge < -0.3 is 15.5 Å². The number of thioether (sulfide) groups is 1. The van der Waals surface area contributed by atoms with Crippen LogP contribution in [0.25, 0.3) is 0 Å². The van der Waals surface area contributed by atoms with Crippen LogP contribution in [0, 0.1) is 5.82 Å². The standard InChI is InChI=1S/C24H28ClFN4OS/c25-22-9-15(26)5-8-21(22)24(31)29-13-17-6-7-18(14-29)30(17)23-11-20(10-16(12-27)28-23)32-19-3-1-2-4-19/h5,8-11,17-19H,1-4,6-7,12-14,27H2. The lowest BCUT2D eigenvalue weighted by Crippen LogP contribution is -2.55. The van der Waals surface area contributed by atoms with E-state index in [4.69, 9.17) is 22.3 Å². The highest BCUT2D eigenvalue weighted by atomic mass is 35.5. The van der Waals surface area contributed by atoms with Crippen molar-refractivity contribution in [2.24, 2.45) is 5.73 Å². The van der Waals surface area contributed by atoms with Crippen LogP contribution < -0.4 is 10.6 Å². The Balaban J connectivity index is 1.36. The van der Waals surface area contributed by atoms with Crippen molar-refractivity contribution in [3.63, 3.8) is 0 Å². The fourth-order valence-corrected chi connectivity index (χ4v) is 6.90. The molecule has 1 amide bonds. The summed E-state index contributed by atoms with van der Waals surface area (Å²) in [6, 6.07) is 8.73. The van der Waals surface area contributed by atoms with Crippen LogP contribution >= 0.6 is 23.4 Å². The van der Waals surface area contributed by atoms with Gasteiger partial charge in [-0.2, -0.15) is 0 Å². The smallest absolute Gasteiger partial charge is 0.255 e. The first-order chi connectivity index (χ1) is 15.5. The number of rotatable bonds is 5. The molecule has 2 N–H and O–H groups in total. The summed E-state index contributed by atoms with van der Waals surface area (Å²) in [6.07, 6.45) is 7.22. The lowest BCUT2D eigenvalue weighted by atomic mass is 10.1. The molecular weight excluding hydrogens is 447 g/mol. The third-order valence-corrected chi connectivity index (χ3v) is 8.47. The highest BCUT2D eigenvalue weighted by Gasteiger charge is 2.42. The maximum atomic E-state index is 13.4. The van der Waals surface area contributed by atoms with E-state index in [0.29, 0.717) is 30.4 Å². The van der Waals surface area contributed by atoms with Crippen molar-refractivity contribution in [3.8, 4) is 0 Å². The van der Waals surface area contributed by atoms with Gasteiger partial charge in [0.1, 0.15) is 11.6 Å². The molecule has 1 aliphatic carbocycles. The summed E-state index contributed by atoms with van der Waals surface area (Å²) in [6.45, 7) is 1.65. The van der Waals surface area contributed by atoms with Crippen molar-refractivity contribution in [2.45, 2.75) is 67.3 Å². The molecule has 2 bridgehead atoms. The van der Waals surface area contributed by atoms with E-state index in [2.05, 4.69) is 17.0 Å². The minimum absolute atomic E-state index is 0.132. The molecule has 2 atom stereocenters. The topological polar surface area (TPSA) is 62.5 Å². The largest absolute Gasteiger partial charge is 0.347 e. The van der Waals surface area contributed by atoms with Gasteiger partial charge in [-0.05, 0) is 56.0 Å². The van der Waals surface area contributed by atoms with E-state index in [9.17, 15) is 9.18 Å². The van der Waals surface area contributed by atoms with E-state index in [0.717, 1.165) is 24.4 Å². The molecular formula is C24H28ClFN4OS. The molecule has 170 valence electrons. The van der Waals surface area contributed by atoms with Crippen molar-refractivity contribution in [2.75, 3.05) is 18.0 Å². The van der Waals surface area contributed by atoms with E-state index in [-0.39, 0.29) is 23.0 Å². The average molecular weight is 475 g/mol. The molecule has 1 aromatic carbocycles. The van der Waals surface area contributed by atoms with Gasteiger partial charge in [0.2, 0.25) is 0 Å². The Hall–Kier alpha value is -1.83. The molecule has 32 heavy (non-hydrogen) atoms. The van der Waals surface area contributed by atoms with Gasteiger partial charge in [-0.25, -0.2) is 9.37 Å². The molecule has 8 heteroatoms. The van der Waals surface area contributed by atoms with E-state index in [1.807, 2.05) is 16.7 Å². The Bertz CT molecular complexity index is 1000. The van der Waals surface area contributed by atoms with Crippen LogP contribution in [0.15, 0.2) is 35.2 Å². The summed E-state index contributed by atoms with van der Waals surface area (Å²) < 4.78 is 13.4. The first-order valence-electron chi connectivity index (χ1n) is 11.4. The summed E-state index contributed by atoms with van der Waals surface area (Å²) >= 11 is 8.11. The predicted molar refractivity (Wildman–Crippen MR) is 127 cm³/mol. The number of hydrogen-bond donors (Lipinski definition) is 1. The average Bonchev–Trinajstić information content (AvgIpc) is 3.38. The summed E-state index contributed by atoms with van der Waals surface area (Å²) in [4.78, 5) is 23.5. The van der Waals surface area contributed by atoms with Crippen molar-refractivity contribution in [1.29, 1.82) is 0 Å². The van der Waals surface area contributed by atoms with Crippen LogP contribution in [0.5, 0.6) is 0 Å². The number of anilines is 1. The molecule has 0 spiro atoms. The number of benzene rings is 1. The Labute approximate surface area is 197 Å². The van der Waals surface area contributed by atoms with E-state index in [1.54, 1.807) is 0 Å². The van der Waals surface area contributed by atoms with Crippen LogP contribution in [0.3, 0.4) is 0 Å². The van der Waals surface area contributed by atoms with Gasteiger partial charge in [0.25, 0.3) is 5.91 Å². The number of likely N-dealkylation sites (tertiary alicyclic amines) is 1. The van der Waals surface area contributed by atoms with Crippen LogP contribution in [0.2, 0.25) is 5.02 Å². The predicted octanol–water partition coefficient (Wildman–Crippen LogP) is 4.86. The molecule has 3 aliphatic rings. The van der Waals surface area contributed by atoms with Gasteiger partial charge in [0.05, 0.1) is 16.3 Å². The zero-order valence-electron chi connectivity index (χ0n) is 18.0. The number of amides is 1. The monoisotopic (exact) mass is 474 g/mol. The second-order valence-corrected chi connectivity index (χ2v) is 10.8. The fourth-order valence-electron chi connectivity index (χ4n) is 5.32. The van der Waals surface area contributed by atoms with Crippen molar-refractivity contribution in [3.05, 3.63) is 52.4 Å². The SMILES string of the molecule is NCc1cc(SC2CCCC2)cc(N2C3CCC2CN(C(=O)c2ccc(F)cc2Cl)C3)n1. The molecule has 5 rings (SSSR count). The minimum atomic E-state index is -0.437. The lowest BCUT2D eigenvalue weighted by molar-refractivity contribution is 0.0717. The highest BCUT2D eigenvalue weighted by molar-refractivity contribution is 8.00. The van der Waals surface area contributed by atoms with Crippen molar-refractivity contribution >= 4 is 35.1 Å². The fraction of sp³-hybridized carbons (Fsp3) is 0.500.